The van der Waals surface area contributed by atoms with Gasteiger partial charge < -0.3 is 10.2 Å². The fourth-order valence-electron chi connectivity index (χ4n) is 2.89. The zero-order chi connectivity index (χ0) is 17.9. The standard InChI is InChI=1S/C17H21F3N2O2/c1-11-3-4-14(12(2)9-11)10-21-15(23)13-5-7-22(8-6-13)16(24)17(18,19)20/h3-4,9,13H,5-8,10H2,1-2H3,(H,21,23). The van der Waals surface area contributed by atoms with Gasteiger partial charge in [0.15, 0.2) is 0 Å². The van der Waals surface area contributed by atoms with E-state index < -0.39 is 12.1 Å². The van der Waals surface area contributed by atoms with E-state index in [1.165, 1.54) is 0 Å². The summed E-state index contributed by atoms with van der Waals surface area (Å²) in [6.07, 6.45) is -4.35. The van der Waals surface area contributed by atoms with Crippen LogP contribution in [0.1, 0.15) is 29.5 Å². The Morgan fingerprint density at radius 3 is 2.38 bits per heavy atom. The van der Waals surface area contributed by atoms with Crippen molar-refractivity contribution in [2.45, 2.75) is 39.4 Å². The molecule has 0 bridgehead atoms. The number of hydrogen-bond donors (Lipinski definition) is 1. The number of benzene rings is 1. The van der Waals surface area contributed by atoms with Crippen molar-refractivity contribution in [1.29, 1.82) is 0 Å². The van der Waals surface area contributed by atoms with Crippen LogP contribution in [0.3, 0.4) is 0 Å². The van der Waals surface area contributed by atoms with E-state index in [0.717, 1.165) is 21.6 Å². The molecular weight excluding hydrogens is 321 g/mol. The molecule has 1 aromatic rings. The summed E-state index contributed by atoms with van der Waals surface area (Å²) in [7, 11) is 0. The van der Waals surface area contributed by atoms with Crippen molar-refractivity contribution in [3.63, 3.8) is 0 Å². The minimum atomic E-state index is -4.85. The van der Waals surface area contributed by atoms with Gasteiger partial charge in [-0.25, -0.2) is 0 Å². The number of hydrogen-bond acceptors (Lipinski definition) is 2. The number of rotatable bonds is 3. The van der Waals surface area contributed by atoms with E-state index in [4.69, 9.17) is 0 Å². The third-order valence-corrected chi connectivity index (χ3v) is 4.35. The first-order valence-electron chi connectivity index (χ1n) is 7.88. The predicted octanol–water partition coefficient (Wildman–Crippen LogP) is 2.72. The van der Waals surface area contributed by atoms with E-state index in [2.05, 4.69) is 5.32 Å². The van der Waals surface area contributed by atoms with Crippen molar-refractivity contribution in [2.24, 2.45) is 5.92 Å². The number of alkyl halides is 3. The number of halogens is 3. The molecule has 132 valence electrons. The summed E-state index contributed by atoms with van der Waals surface area (Å²) in [5, 5.41) is 2.84. The van der Waals surface area contributed by atoms with Gasteiger partial charge in [-0.1, -0.05) is 23.8 Å². The van der Waals surface area contributed by atoms with Crippen molar-refractivity contribution in [3.8, 4) is 0 Å². The van der Waals surface area contributed by atoms with Crippen LogP contribution in [0.2, 0.25) is 0 Å². The maximum atomic E-state index is 12.4. The van der Waals surface area contributed by atoms with Gasteiger partial charge in [0.25, 0.3) is 0 Å². The molecule has 1 fully saturated rings. The molecule has 1 saturated heterocycles. The monoisotopic (exact) mass is 342 g/mol. The van der Waals surface area contributed by atoms with Crippen LogP contribution < -0.4 is 5.32 Å². The van der Waals surface area contributed by atoms with Crippen molar-refractivity contribution in [3.05, 3.63) is 34.9 Å². The van der Waals surface area contributed by atoms with Crippen LogP contribution in [-0.2, 0) is 16.1 Å². The smallest absolute Gasteiger partial charge is 0.352 e. The number of likely N-dealkylation sites (tertiary alicyclic amines) is 1. The van der Waals surface area contributed by atoms with E-state index in [0.29, 0.717) is 6.54 Å². The summed E-state index contributed by atoms with van der Waals surface area (Å²) in [6, 6.07) is 5.95. The number of carbonyl (C=O) groups is 2. The molecule has 7 heteroatoms. The Bertz CT molecular complexity index is 621. The zero-order valence-corrected chi connectivity index (χ0v) is 13.7. The molecule has 0 unspecified atom stereocenters. The first kappa shape index (κ1) is 18.3. The average Bonchev–Trinajstić information content (AvgIpc) is 2.52. The number of piperidine rings is 1. The fraction of sp³-hybridized carbons (Fsp3) is 0.529. The quantitative estimate of drug-likeness (QED) is 0.918. The lowest BCUT2D eigenvalue weighted by molar-refractivity contribution is -0.186. The predicted molar refractivity (Wildman–Crippen MR) is 83.1 cm³/mol. The Morgan fingerprint density at radius 2 is 1.83 bits per heavy atom. The first-order chi connectivity index (χ1) is 11.2. The number of nitrogens with one attached hydrogen (secondary N) is 1. The van der Waals surface area contributed by atoms with Crippen molar-refractivity contribution < 1.29 is 22.8 Å². The highest BCUT2D eigenvalue weighted by atomic mass is 19.4. The Labute approximate surface area is 139 Å². The Kier molecular flexibility index (Phi) is 5.51. The molecule has 1 aliphatic heterocycles. The summed E-state index contributed by atoms with van der Waals surface area (Å²) in [6.45, 7) is 4.27. The van der Waals surface area contributed by atoms with Crippen LogP contribution in [0.4, 0.5) is 13.2 Å². The largest absolute Gasteiger partial charge is 0.471 e. The lowest BCUT2D eigenvalue weighted by Gasteiger charge is -2.31. The van der Waals surface area contributed by atoms with E-state index >= 15 is 0 Å². The summed E-state index contributed by atoms with van der Waals surface area (Å²) < 4.78 is 37.2. The van der Waals surface area contributed by atoms with Crippen LogP contribution in [0.15, 0.2) is 18.2 Å². The minimum absolute atomic E-state index is 0.0417. The summed E-state index contributed by atoms with van der Waals surface area (Å²) in [5.74, 6) is -2.35. The molecule has 0 aliphatic carbocycles. The lowest BCUT2D eigenvalue weighted by Crippen LogP contribution is -2.47. The zero-order valence-electron chi connectivity index (χ0n) is 13.7. The number of nitrogens with zero attached hydrogens (tertiary/aromatic N) is 1. The second kappa shape index (κ2) is 7.23. The highest BCUT2D eigenvalue weighted by molar-refractivity contribution is 5.83. The third-order valence-electron chi connectivity index (χ3n) is 4.35. The Hall–Kier alpha value is -2.05. The van der Waals surface area contributed by atoms with Crippen LogP contribution in [-0.4, -0.2) is 36.0 Å². The van der Waals surface area contributed by atoms with Gasteiger partial charge >= 0.3 is 12.1 Å². The molecule has 2 rings (SSSR count). The summed E-state index contributed by atoms with van der Waals surface area (Å²) in [4.78, 5) is 24.1. The van der Waals surface area contributed by atoms with Crippen molar-refractivity contribution >= 4 is 11.8 Å². The second-order valence-electron chi connectivity index (χ2n) is 6.21. The average molecular weight is 342 g/mol. The molecule has 1 aliphatic rings. The van der Waals surface area contributed by atoms with Gasteiger partial charge in [-0.3, -0.25) is 9.59 Å². The third kappa shape index (κ3) is 4.49. The van der Waals surface area contributed by atoms with Crippen LogP contribution >= 0.6 is 0 Å². The summed E-state index contributed by atoms with van der Waals surface area (Å²) in [5.41, 5.74) is 3.24. The maximum Gasteiger partial charge on any atom is 0.471 e. The number of amides is 2. The molecule has 1 heterocycles. The van der Waals surface area contributed by atoms with E-state index in [1.54, 1.807) is 0 Å². The van der Waals surface area contributed by atoms with Gasteiger partial charge in [0.05, 0.1) is 0 Å². The number of carbonyl (C=O) groups excluding carboxylic acids is 2. The Balaban J connectivity index is 1.84. The van der Waals surface area contributed by atoms with Crippen molar-refractivity contribution in [2.75, 3.05) is 13.1 Å². The highest BCUT2D eigenvalue weighted by Gasteiger charge is 2.43. The fourth-order valence-corrected chi connectivity index (χ4v) is 2.89. The SMILES string of the molecule is Cc1ccc(CNC(=O)C2CCN(C(=O)C(F)(F)F)CC2)c(C)c1. The van der Waals surface area contributed by atoms with Crippen LogP contribution in [0.25, 0.3) is 0 Å². The van der Waals surface area contributed by atoms with E-state index in [9.17, 15) is 22.8 Å². The van der Waals surface area contributed by atoms with Gasteiger partial charge in [-0.2, -0.15) is 13.2 Å². The van der Waals surface area contributed by atoms with Gasteiger partial charge in [-0.05, 0) is 37.8 Å². The molecule has 0 radical (unpaired) electrons. The molecule has 2 amide bonds. The molecule has 0 aromatic heterocycles. The molecule has 0 atom stereocenters. The number of aryl methyl sites for hydroxylation is 2. The first-order valence-corrected chi connectivity index (χ1v) is 7.88. The molecule has 1 aromatic carbocycles. The van der Waals surface area contributed by atoms with Gasteiger partial charge in [0.2, 0.25) is 5.91 Å². The van der Waals surface area contributed by atoms with E-state index in [-0.39, 0.29) is 37.8 Å². The molecular formula is C17H21F3N2O2. The second-order valence-corrected chi connectivity index (χ2v) is 6.21. The minimum Gasteiger partial charge on any atom is -0.352 e. The topological polar surface area (TPSA) is 49.4 Å². The lowest BCUT2D eigenvalue weighted by atomic mass is 9.95. The molecule has 1 N–H and O–H groups in total. The van der Waals surface area contributed by atoms with Gasteiger partial charge in [0, 0.05) is 25.6 Å². The maximum absolute atomic E-state index is 12.4. The molecule has 0 spiro atoms. The Morgan fingerprint density at radius 1 is 1.21 bits per heavy atom. The van der Waals surface area contributed by atoms with Gasteiger partial charge in [-0.15, -0.1) is 0 Å². The molecule has 24 heavy (non-hydrogen) atoms. The highest BCUT2D eigenvalue weighted by Crippen LogP contribution is 2.24. The van der Waals surface area contributed by atoms with Crippen molar-refractivity contribution in [1.82, 2.24) is 10.2 Å². The van der Waals surface area contributed by atoms with Crippen LogP contribution in [0, 0.1) is 19.8 Å². The van der Waals surface area contributed by atoms with E-state index in [1.807, 2.05) is 32.0 Å². The van der Waals surface area contributed by atoms with Crippen LogP contribution in [0.5, 0.6) is 0 Å². The molecule has 4 nitrogen and oxygen atoms in total. The van der Waals surface area contributed by atoms with Gasteiger partial charge in [0.1, 0.15) is 0 Å². The summed E-state index contributed by atoms with van der Waals surface area (Å²) >= 11 is 0. The molecule has 0 saturated carbocycles. The normalized spacial score (nSPS) is 16.1.